The summed E-state index contributed by atoms with van der Waals surface area (Å²) < 4.78 is 1.85. The third kappa shape index (κ3) is 4.95. The third-order valence-electron chi connectivity index (χ3n) is 4.16. The lowest BCUT2D eigenvalue weighted by Crippen LogP contribution is -2.39. The average molecular weight is 368 g/mol. The van der Waals surface area contributed by atoms with Gasteiger partial charge in [0, 0.05) is 25.5 Å². The van der Waals surface area contributed by atoms with Crippen molar-refractivity contribution in [1.29, 1.82) is 0 Å². The molecule has 2 N–H and O–H groups in total. The molecule has 5 nitrogen and oxygen atoms in total. The Bertz CT molecular complexity index is 791. The van der Waals surface area contributed by atoms with Crippen molar-refractivity contribution < 1.29 is 0 Å². The molecule has 2 heterocycles. The topological polar surface area (TPSA) is 54.2 Å². The molecule has 2 aromatic heterocycles. The van der Waals surface area contributed by atoms with Crippen LogP contribution in [0.2, 0.25) is 0 Å². The summed E-state index contributed by atoms with van der Waals surface area (Å²) >= 11 is 1.74. The molecule has 0 aliphatic carbocycles. The summed E-state index contributed by atoms with van der Waals surface area (Å²) in [5.74, 6) is 1.31. The summed E-state index contributed by atoms with van der Waals surface area (Å²) in [7, 11) is 0. The summed E-state index contributed by atoms with van der Waals surface area (Å²) in [6.07, 6.45) is 3.72. The van der Waals surface area contributed by atoms with E-state index in [2.05, 4.69) is 70.7 Å². The minimum atomic E-state index is 0.457. The molecule has 3 rings (SSSR count). The fourth-order valence-corrected chi connectivity index (χ4v) is 3.39. The molecule has 0 aliphatic rings. The maximum Gasteiger partial charge on any atom is 0.191 e. The SMILES string of the molecule is CCNC(=NCc1ccc(-n2cccn2)cc1)NCC(C)c1ccsc1. The molecule has 0 amide bonds. The fraction of sp³-hybridized carbons (Fsp3) is 0.300. The number of thiophene rings is 1. The van der Waals surface area contributed by atoms with Gasteiger partial charge < -0.3 is 10.6 Å². The minimum Gasteiger partial charge on any atom is -0.357 e. The van der Waals surface area contributed by atoms with E-state index in [1.807, 2.05) is 16.9 Å². The van der Waals surface area contributed by atoms with Gasteiger partial charge >= 0.3 is 0 Å². The molecule has 26 heavy (non-hydrogen) atoms. The van der Waals surface area contributed by atoms with Crippen LogP contribution in [0.15, 0.2) is 64.5 Å². The highest BCUT2D eigenvalue weighted by Crippen LogP contribution is 2.17. The molecule has 0 spiro atoms. The highest BCUT2D eigenvalue weighted by Gasteiger charge is 2.07. The molecule has 0 radical (unpaired) electrons. The lowest BCUT2D eigenvalue weighted by molar-refractivity contribution is 0.701. The highest BCUT2D eigenvalue weighted by atomic mass is 32.1. The van der Waals surface area contributed by atoms with Crippen LogP contribution in [0, 0.1) is 0 Å². The Balaban J connectivity index is 1.58. The molecule has 1 unspecified atom stereocenters. The Morgan fingerprint density at radius 1 is 1.23 bits per heavy atom. The van der Waals surface area contributed by atoms with Gasteiger partial charge in [-0.2, -0.15) is 16.4 Å². The van der Waals surface area contributed by atoms with Gasteiger partial charge in [-0.15, -0.1) is 0 Å². The normalized spacial score (nSPS) is 12.8. The summed E-state index contributed by atoms with van der Waals surface area (Å²) in [5, 5.41) is 15.3. The smallest absolute Gasteiger partial charge is 0.191 e. The standard InChI is InChI=1S/C20H25N5S/c1-3-21-20(22-13-16(2)18-9-12-26-15-18)23-14-17-5-7-19(8-6-17)25-11-4-10-24-25/h4-12,15-16H,3,13-14H2,1-2H3,(H2,21,22,23). The Hall–Kier alpha value is -2.60. The second-order valence-electron chi connectivity index (χ2n) is 6.15. The maximum absolute atomic E-state index is 4.70. The van der Waals surface area contributed by atoms with Gasteiger partial charge in [0.2, 0.25) is 0 Å². The Morgan fingerprint density at radius 3 is 2.73 bits per heavy atom. The summed E-state index contributed by atoms with van der Waals surface area (Å²) in [6, 6.07) is 12.4. The Labute approximate surface area is 158 Å². The van der Waals surface area contributed by atoms with Gasteiger partial charge in [-0.05, 0) is 59.0 Å². The molecule has 0 bridgehead atoms. The number of hydrogen-bond donors (Lipinski definition) is 2. The molecule has 0 saturated carbocycles. The molecule has 3 aromatic rings. The van der Waals surface area contributed by atoms with E-state index >= 15 is 0 Å². The van der Waals surface area contributed by atoms with Crippen molar-refractivity contribution in [3.05, 3.63) is 70.7 Å². The van der Waals surface area contributed by atoms with Gasteiger partial charge in [-0.25, -0.2) is 9.67 Å². The van der Waals surface area contributed by atoms with Gasteiger partial charge in [0.15, 0.2) is 5.96 Å². The van der Waals surface area contributed by atoms with E-state index in [0.717, 1.165) is 24.7 Å². The van der Waals surface area contributed by atoms with Crippen LogP contribution in [0.25, 0.3) is 5.69 Å². The van der Waals surface area contributed by atoms with Gasteiger partial charge in [0.05, 0.1) is 12.2 Å². The Kier molecular flexibility index (Phi) is 6.44. The molecule has 1 atom stereocenters. The van der Waals surface area contributed by atoms with E-state index in [9.17, 15) is 0 Å². The average Bonchev–Trinajstić information content (AvgIpc) is 3.38. The minimum absolute atomic E-state index is 0.457. The van der Waals surface area contributed by atoms with Crippen LogP contribution >= 0.6 is 11.3 Å². The van der Waals surface area contributed by atoms with Crippen LogP contribution < -0.4 is 10.6 Å². The van der Waals surface area contributed by atoms with E-state index in [1.54, 1.807) is 17.5 Å². The first kappa shape index (κ1) is 18.2. The molecule has 0 aliphatic heterocycles. The molecule has 136 valence electrons. The van der Waals surface area contributed by atoms with Crippen LogP contribution in [0.4, 0.5) is 0 Å². The van der Waals surface area contributed by atoms with Crippen molar-refractivity contribution >= 4 is 17.3 Å². The number of nitrogens with one attached hydrogen (secondary N) is 2. The lowest BCUT2D eigenvalue weighted by Gasteiger charge is -2.15. The van der Waals surface area contributed by atoms with E-state index in [1.165, 1.54) is 11.1 Å². The van der Waals surface area contributed by atoms with Crippen molar-refractivity contribution in [2.75, 3.05) is 13.1 Å². The first-order chi connectivity index (χ1) is 12.8. The number of nitrogens with zero attached hydrogens (tertiary/aromatic N) is 3. The van der Waals surface area contributed by atoms with Crippen molar-refractivity contribution in [3.63, 3.8) is 0 Å². The molecule has 6 heteroatoms. The van der Waals surface area contributed by atoms with Crippen molar-refractivity contribution in [1.82, 2.24) is 20.4 Å². The highest BCUT2D eigenvalue weighted by molar-refractivity contribution is 7.07. The van der Waals surface area contributed by atoms with E-state index in [-0.39, 0.29) is 0 Å². The van der Waals surface area contributed by atoms with Crippen LogP contribution in [-0.4, -0.2) is 28.8 Å². The quantitative estimate of drug-likeness (QED) is 0.493. The zero-order valence-corrected chi connectivity index (χ0v) is 16.0. The van der Waals surface area contributed by atoms with Gasteiger partial charge in [-0.3, -0.25) is 0 Å². The predicted molar refractivity (Wildman–Crippen MR) is 109 cm³/mol. The van der Waals surface area contributed by atoms with E-state index < -0.39 is 0 Å². The van der Waals surface area contributed by atoms with Crippen LogP contribution in [0.5, 0.6) is 0 Å². The largest absolute Gasteiger partial charge is 0.357 e. The number of guanidine groups is 1. The Morgan fingerprint density at radius 2 is 2.08 bits per heavy atom. The second kappa shape index (κ2) is 9.20. The first-order valence-electron chi connectivity index (χ1n) is 8.89. The summed E-state index contributed by atoms with van der Waals surface area (Å²) in [4.78, 5) is 4.70. The number of benzene rings is 1. The summed E-state index contributed by atoms with van der Waals surface area (Å²) in [5.41, 5.74) is 3.59. The molecule has 0 saturated heterocycles. The fourth-order valence-electron chi connectivity index (χ4n) is 2.61. The van der Waals surface area contributed by atoms with Gasteiger partial charge in [0.1, 0.15) is 0 Å². The molecular weight excluding hydrogens is 342 g/mol. The van der Waals surface area contributed by atoms with E-state index in [0.29, 0.717) is 12.5 Å². The van der Waals surface area contributed by atoms with Crippen LogP contribution in [0.1, 0.15) is 30.9 Å². The van der Waals surface area contributed by atoms with Crippen molar-refractivity contribution in [3.8, 4) is 5.69 Å². The van der Waals surface area contributed by atoms with Crippen molar-refractivity contribution in [2.45, 2.75) is 26.3 Å². The number of rotatable bonds is 7. The lowest BCUT2D eigenvalue weighted by atomic mass is 10.1. The zero-order valence-electron chi connectivity index (χ0n) is 15.2. The number of aromatic nitrogens is 2. The third-order valence-corrected chi connectivity index (χ3v) is 4.86. The number of hydrogen-bond acceptors (Lipinski definition) is 3. The molecular formula is C20H25N5S. The number of aliphatic imine (C=N–C) groups is 1. The maximum atomic E-state index is 4.70. The summed E-state index contributed by atoms with van der Waals surface area (Å²) in [6.45, 7) is 6.66. The van der Waals surface area contributed by atoms with E-state index in [4.69, 9.17) is 4.99 Å². The van der Waals surface area contributed by atoms with Crippen LogP contribution in [0.3, 0.4) is 0 Å². The molecule has 0 fully saturated rings. The first-order valence-corrected chi connectivity index (χ1v) is 9.83. The van der Waals surface area contributed by atoms with Gasteiger partial charge in [0.25, 0.3) is 0 Å². The zero-order chi connectivity index (χ0) is 18.2. The predicted octanol–water partition coefficient (Wildman–Crippen LogP) is 3.79. The van der Waals surface area contributed by atoms with Gasteiger partial charge in [-0.1, -0.05) is 19.1 Å². The van der Waals surface area contributed by atoms with Crippen molar-refractivity contribution in [2.24, 2.45) is 4.99 Å². The van der Waals surface area contributed by atoms with Crippen LogP contribution in [-0.2, 0) is 6.54 Å². The molecule has 1 aromatic carbocycles. The monoisotopic (exact) mass is 367 g/mol. The second-order valence-corrected chi connectivity index (χ2v) is 6.93.